The van der Waals surface area contributed by atoms with Crippen molar-refractivity contribution in [3.63, 3.8) is 0 Å². The van der Waals surface area contributed by atoms with Gasteiger partial charge < -0.3 is 19.1 Å². The van der Waals surface area contributed by atoms with Gasteiger partial charge in [-0.05, 0) is 24.2 Å². The van der Waals surface area contributed by atoms with Gasteiger partial charge in [0, 0.05) is 0 Å². The van der Waals surface area contributed by atoms with Crippen molar-refractivity contribution in [2.45, 2.75) is 18.5 Å². The molecule has 0 N–H and O–H groups in total. The molecule has 1 saturated heterocycles. The lowest BCUT2D eigenvalue weighted by Gasteiger charge is -2.33. The summed E-state index contributed by atoms with van der Waals surface area (Å²) in [5, 5.41) is 0.279. The number of allylic oxidation sites excluding steroid dienone is 1. The molecule has 1 aliphatic heterocycles. The standard InChI is InChI=1S/C19H19NO5S/c1-23-17(21)13-9-6-10-14(16(13)18(22)24-2)20-15(11-25-19(20)26)12-7-4-3-5-8-12/h3-8,10,14-15H,9,11H2,1-2H3/t14-,15+/m1/s1. The van der Waals surface area contributed by atoms with E-state index >= 15 is 0 Å². The minimum atomic E-state index is -0.582. The van der Waals surface area contributed by atoms with Crippen molar-refractivity contribution in [2.24, 2.45) is 0 Å². The molecule has 6 nitrogen and oxygen atoms in total. The maximum atomic E-state index is 12.5. The van der Waals surface area contributed by atoms with Crippen LogP contribution in [0.5, 0.6) is 0 Å². The molecule has 1 aliphatic carbocycles. The molecule has 1 aromatic rings. The minimum absolute atomic E-state index is 0.171. The Morgan fingerprint density at radius 1 is 1.15 bits per heavy atom. The molecular formula is C19H19NO5S. The van der Waals surface area contributed by atoms with Crippen LogP contribution in [0.4, 0.5) is 0 Å². The quantitative estimate of drug-likeness (QED) is 0.456. The average Bonchev–Trinajstić information content (AvgIpc) is 3.08. The Kier molecular flexibility index (Phi) is 5.37. The molecule has 0 amide bonds. The number of hydrogen-bond donors (Lipinski definition) is 0. The third kappa shape index (κ3) is 3.22. The lowest BCUT2D eigenvalue weighted by Crippen LogP contribution is -2.42. The van der Waals surface area contributed by atoms with Crippen LogP contribution >= 0.6 is 12.2 Å². The Balaban J connectivity index is 2.06. The first-order valence-electron chi connectivity index (χ1n) is 8.14. The molecule has 0 aromatic heterocycles. The Morgan fingerprint density at radius 3 is 2.50 bits per heavy atom. The SMILES string of the molecule is COC(=O)C1=C(C(=O)OC)[C@H](N2C(=S)OC[C@H]2c2ccccc2)C=CC1. The summed E-state index contributed by atoms with van der Waals surface area (Å²) < 4.78 is 15.4. The van der Waals surface area contributed by atoms with Crippen molar-refractivity contribution in [1.29, 1.82) is 0 Å². The van der Waals surface area contributed by atoms with E-state index in [9.17, 15) is 9.59 Å². The van der Waals surface area contributed by atoms with Gasteiger partial charge in [0.05, 0.1) is 37.4 Å². The summed E-state index contributed by atoms with van der Waals surface area (Å²) in [6, 6.07) is 9.01. The van der Waals surface area contributed by atoms with Crippen LogP contribution in [0.25, 0.3) is 0 Å². The molecule has 1 aromatic carbocycles. The monoisotopic (exact) mass is 373 g/mol. The van der Waals surface area contributed by atoms with Crippen molar-refractivity contribution in [3.05, 3.63) is 59.2 Å². The molecule has 1 heterocycles. The van der Waals surface area contributed by atoms with Crippen LogP contribution < -0.4 is 0 Å². The molecule has 26 heavy (non-hydrogen) atoms. The third-order valence-electron chi connectivity index (χ3n) is 4.49. The largest absolute Gasteiger partial charge is 0.468 e. The van der Waals surface area contributed by atoms with Crippen molar-refractivity contribution in [1.82, 2.24) is 4.90 Å². The summed E-state index contributed by atoms with van der Waals surface area (Å²) in [5.74, 6) is -1.14. The van der Waals surface area contributed by atoms with E-state index in [0.29, 0.717) is 13.0 Å². The first kappa shape index (κ1) is 18.1. The van der Waals surface area contributed by atoms with E-state index in [1.54, 1.807) is 0 Å². The zero-order valence-electron chi connectivity index (χ0n) is 14.5. The molecule has 3 rings (SSSR count). The fourth-order valence-electron chi connectivity index (χ4n) is 3.27. The number of esters is 2. The number of methoxy groups -OCH3 is 2. The van der Waals surface area contributed by atoms with Gasteiger partial charge in [0.2, 0.25) is 0 Å². The van der Waals surface area contributed by atoms with Gasteiger partial charge in [-0.2, -0.15) is 0 Å². The molecule has 0 unspecified atom stereocenters. The molecular weight excluding hydrogens is 354 g/mol. The zero-order valence-corrected chi connectivity index (χ0v) is 15.3. The number of nitrogens with zero attached hydrogens (tertiary/aromatic N) is 1. The van der Waals surface area contributed by atoms with E-state index in [0.717, 1.165) is 5.56 Å². The van der Waals surface area contributed by atoms with E-state index in [1.165, 1.54) is 14.2 Å². The summed E-state index contributed by atoms with van der Waals surface area (Å²) in [6.45, 7) is 0.370. The van der Waals surface area contributed by atoms with Crippen molar-refractivity contribution >= 4 is 29.3 Å². The molecule has 136 valence electrons. The van der Waals surface area contributed by atoms with Gasteiger partial charge in [-0.1, -0.05) is 42.5 Å². The lowest BCUT2D eigenvalue weighted by atomic mass is 9.90. The number of benzene rings is 1. The van der Waals surface area contributed by atoms with Gasteiger partial charge in [-0.15, -0.1) is 0 Å². The van der Waals surface area contributed by atoms with Crippen molar-refractivity contribution < 1.29 is 23.8 Å². The Bertz CT molecular complexity index is 786. The summed E-state index contributed by atoms with van der Waals surface area (Å²) in [7, 11) is 2.57. The fourth-order valence-corrected chi connectivity index (χ4v) is 3.58. The lowest BCUT2D eigenvalue weighted by molar-refractivity contribution is -0.139. The van der Waals surface area contributed by atoms with Crippen LogP contribution in [0.1, 0.15) is 18.0 Å². The highest BCUT2D eigenvalue weighted by Gasteiger charge is 2.42. The van der Waals surface area contributed by atoms with Crippen LogP contribution in [-0.4, -0.2) is 48.9 Å². The molecule has 0 saturated carbocycles. The van der Waals surface area contributed by atoms with Gasteiger partial charge in [0.15, 0.2) is 0 Å². The summed E-state index contributed by atoms with van der Waals surface area (Å²) in [6.07, 6.45) is 3.97. The Morgan fingerprint density at radius 2 is 1.85 bits per heavy atom. The predicted octanol–water partition coefficient (Wildman–Crippen LogP) is 2.32. The minimum Gasteiger partial charge on any atom is -0.468 e. The highest BCUT2D eigenvalue weighted by Crippen LogP contribution is 2.36. The molecule has 2 atom stereocenters. The number of rotatable bonds is 4. The Hall–Kier alpha value is -2.67. The molecule has 0 spiro atoms. The summed E-state index contributed by atoms with van der Waals surface area (Å²) in [4.78, 5) is 26.5. The van der Waals surface area contributed by atoms with Crippen LogP contribution in [-0.2, 0) is 23.8 Å². The van der Waals surface area contributed by atoms with E-state index < -0.39 is 18.0 Å². The highest BCUT2D eigenvalue weighted by atomic mass is 32.1. The first-order chi connectivity index (χ1) is 12.6. The highest BCUT2D eigenvalue weighted by molar-refractivity contribution is 7.80. The van der Waals surface area contributed by atoms with E-state index in [-0.39, 0.29) is 22.4 Å². The second-order valence-corrected chi connectivity index (χ2v) is 6.21. The van der Waals surface area contributed by atoms with Crippen LogP contribution in [0.15, 0.2) is 53.6 Å². The van der Waals surface area contributed by atoms with Gasteiger partial charge in [0.25, 0.3) is 5.17 Å². The average molecular weight is 373 g/mol. The number of thiocarbonyl (C=S) groups is 1. The van der Waals surface area contributed by atoms with Crippen LogP contribution in [0, 0.1) is 0 Å². The fraction of sp³-hybridized carbons (Fsp3) is 0.316. The molecule has 0 radical (unpaired) electrons. The normalized spacial score (nSPS) is 22.2. The van der Waals surface area contributed by atoms with Gasteiger partial charge >= 0.3 is 11.9 Å². The number of carbonyl (C=O) groups is 2. The molecule has 2 aliphatic rings. The summed E-state index contributed by atoms with van der Waals surface area (Å²) >= 11 is 5.39. The second kappa shape index (κ2) is 7.70. The zero-order chi connectivity index (χ0) is 18.7. The molecule has 0 bridgehead atoms. The number of carbonyl (C=O) groups excluding carboxylic acids is 2. The van der Waals surface area contributed by atoms with Crippen molar-refractivity contribution in [3.8, 4) is 0 Å². The van der Waals surface area contributed by atoms with Gasteiger partial charge in [-0.25, -0.2) is 9.59 Å². The van der Waals surface area contributed by atoms with Gasteiger partial charge in [0.1, 0.15) is 6.61 Å². The second-order valence-electron chi connectivity index (χ2n) is 5.86. The Labute approximate surface area is 157 Å². The van der Waals surface area contributed by atoms with Crippen LogP contribution in [0.2, 0.25) is 0 Å². The smallest absolute Gasteiger partial charge is 0.336 e. The first-order valence-corrected chi connectivity index (χ1v) is 8.55. The van der Waals surface area contributed by atoms with E-state index in [1.807, 2.05) is 47.4 Å². The third-order valence-corrected chi connectivity index (χ3v) is 4.82. The predicted molar refractivity (Wildman–Crippen MR) is 98.2 cm³/mol. The maximum Gasteiger partial charge on any atom is 0.336 e. The van der Waals surface area contributed by atoms with E-state index in [4.69, 9.17) is 26.4 Å². The van der Waals surface area contributed by atoms with Crippen molar-refractivity contribution in [2.75, 3.05) is 20.8 Å². The number of hydrogen-bond acceptors (Lipinski definition) is 6. The molecule has 1 fully saturated rings. The van der Waals surface area contributed by atoms with Gasteiger partial charge in [-0.3, -0.25) is 0 Å². The molecule has 7 heteroatoms. The summed E-state index contributed by atoms with van der Waals surface area (Å²) in [5.41, 5.74) is 1.51. The number of ether oxygens (including phenoxy) is 3. The topological polar surface area (TPSA) is 65.1 Å². The van der Waals surface area contributed by atoms with E-state index in [2.05, 4.69) is 0 Å². The maximum absolute atomic E-state index is 12.5. The van der Waals surface area contributed by atoms with Crippen LogP contribution in [0.3, 0.4) is 0 Å².